The number of thiophene rings is 1. The molecule has 33 heavy (non-hydrogen) atoms. The Morgan fingerprint density at radius 1 is 1.12 bits per heavy atom. The number of hydrogen-bond donors (Lipinski definition) is 1. The predicted octanol–water partition coefficient (Wildman–Crippen LogP) is 5.80. The number of pyridine rings is 1. The highest BCUT2D eigenvalue weighted by molar-refractivity contribution is 7.17. The van der Waals surface area contributed by atoms with Gasteiger partial charge in [-0.05, 0) is 48.7 Å². The van der Waals surface area contributed by atoms with Gasteiger partial charge in [-0.1, -0.05) is 6.07 Å². The summed E-state index contributed by atoms with van der Waals surface area (Å²) < 4.78 is 29.8. The van der Waals surface area contributed by atoms with Gasteiger partial charge in [-0.25, -0.2) is 9.18 Å². The second kappa shape index (κ2) is 10.1. The number of hydrogen-bond acceptors (Lipinski definition) is 7. The van der Waals surface area contributed by atoms with E-state index < -0.39 is 12.0 Å². The Morgan fingerprint density at radius 2 is 1.94 bits per heavy atom. The van der Waals surface area contributed by atoms with Crippen LogP contribution in [0, 0.1) is 5.82 Å². The molecular formula is C24H19FN2O5S. The topological polar surface area (TPSA) is 86.8 Å². The summed E-state index contributed by atoms with van der Waals surface area (Å²) in [6.45, 7) is 2.17. The minimum atomic E-state index is -0.780. The highest BCUT2D eigenvalue weighted by Crippen LogP contribution is 2.34. The molecule has 0 bridgehead atoms. The average molecular weight is 466 g/mol. The molecule has 0 aliphatic rings. The molecule has 9 heteroatoms. The zero-order valence-corrected chi connectivity index (χ0v) is 18.4. The van der Waals surface area contributed by atoms with E-state index in [4.69, 9.17) is 14.2 Å². The first-order valence-electron chi connectivity index (χ1n) is 10.0. The maximum atomic E-state index is 13.1. The molecule has 2 aromatic heterocycles. The van der Waals surface area contributed by atoms with E-state index in [0.717, 1.165) is 15.6 Å². The number of amides is 1. The van der Waals surface area contributed by atoms with Gasteiger partial charge in [0.15, 0.2) is 5.75 Å². The van der Waals surface area contributed by atoms with Crippen molar-refractivity contribution in [2.75, 3.05) is 11.9 Å². The average Bonchev–Trinajstić information content (AvgIpc) is 3.23. The van der Waals surface area contributed by atoms with Crippen LogP contribution in [-0.4, -0.2) is 23.7 Å². The van der Waals surface area contributed by atoms with Gasteiger partial charge < -0.3 is 19.5 Å². The lowest BCUT2D eigenvalue weighted by molar-refractivity contribution is 0.102. The molecule has 0 aliphatic heterocycles. The van der Waals surface area contributed by atoms with Crippen molar-refractivity contribution in [1.29, 1.82) is 0 Å². The summed E-state index contributed by atoms with van der Waals surface area (Å²) in [6.07, 6.45) is 2.37. The third-order valence-electron chi connectivity index (χ3n) is 4.58. The Hall–Kier alpha value is -3.98. The third-order valence-corrected chi connectivity index (χ3v) is 5.64. The molecule has 0 aliphatic carbocycles. The Balaban J connectivity index is 1.43. The van der Waals surface area contributed by atoms with Crippen LogP contribution in [-0.2, 0) is 11.3 Å². The zero-order chi connectivity index (χ0) is 23.2. The number of rotatable bonds is 7. The van der Waals surface area contributed by atoms with Gasteiger partial charge in [-0.2, -0.15) is 0 Å². The number of aromatic nitrogens is 1. The van der Waals surface area contributed by atoms with Gasteiger partial charge in [0, 0.05) is 34.5 Å². The number of nitrogens with one attached hydrogen (secondary N) is 1. The van der Waals surface area contributed by atoms with E-state index in [9.17, 15) is 14.0 Å². The molecule has 0 fully saturated rings. The van der Waals surface area contributed by atoms with Gasteiger partial charge in [0.2, 0.25) is 0 Å². The van der Waals surface area contributed by atoms with E-state index in [2.05, 4.69) is 10.3 Å². The van der Waals surface area contributed by atoms with Crippen LogP contribution in [0.2, 0.25) is 0 Å². The summed E-state index contributed by atoms with van der Waals surface area (Å²) in [5.41, 5.74) is 1.77. The van der Waals surface area contributed by atoms with Crippen molar-refractivity contribution in [2.45, 2.75) is 13.5 Å². The Labute approximate surface area is 192 Å². The largest absolute Gasteiger partial charge is 0.513 e. The van der Waals surface area contributed by atoms with Crippen LogP contribution >= 0.6 is 11.3 Å². The van der Waals surface area contributed by atoms with Crippen LogP contribution < -0.4 is 14.8 Å². The minimum absolute atomic E-state index is 0.217. The minimum Gasteiger partial charge on any atom is -0.489 e. The summed E-state index contributed by atoms with van der Waals surface area (Å²) in [4.78, 5) is 28.1. The zero-order valence-electron chi connectivity index (χ0n) is 17.5. The number of carbonyl (C=O) groups excluding carboxylic acids is 2. The maximum Gasteiger partial charge on any atom is 0.513 e. The smallest absolute Gasteiger partial charge is 0.489 e. The predicted molar refractivity (Wildman–Crippen MR) is 122 cm³/mol. The number of fused-ring (bicyclic) bond motifs is 1. The Kier molecular flexibility index (Phi) is 6.80. The van der Waals surface area contributed by atoms with Crippen LogP contribution in [0.15, 0.2) is 66.3 Å². The van der Waals surface area contributed by atoms with E-state index >= 15 is 0 Å². The molecule has 2 heterocycles. The fourth-order valence-corrected chi connectivity index (χ4v) is 4.00. The first-order chi connectivity index (χ1) is 16.0. The molecule has 2 aromatic carbocycles. The third kappa shape index (κ3) is 5.45. The molecule has 0 saturated carbocycles. The summed E-state index contributed by atoms with van der Waals surface area (Å²) in [5, 5.41) is 5.48. The second-order valence-corrected chi connectivity index (χ2v) is 7.72. The van der Waals surface area contributed by atoms with Crippen molar-refractivity contribution < 1.29 is 28.2 Å². The lowest BCUT2D eigenvalue weighted by Crippen LogP contribution is -2.11. The standard InChI is InChI=1S/C24H19FN2O5S/c1-2-30-24(29)32-21-12-26-11-20-16(14-33-22(20)21)13-31-19-5-3-4-18(10-19)27-23(28)15-6-8-17(25)9-7-15/h3-12,14H,2,13H2,1H3,(H,27,28). The lowest BCUT2D eigenvalue weighted by Gasteiger charge is -2.09. The number of halogens is 1. The molecule has 0 atom stereocenters. The highest BCUT2D eigenvalue weighted by atomic mass is 32.1. The summed E-state index contributed by atoms with van der Waals surface area (Å²) in [5.74, 6) is 0.125. The molecule has 7 nitrogen and oxygen atoms in total. The molecule has 4 aromatic rings. The van der Waals surface area contributed by atoms with Crippen molar-refractivity contribution in [3.63, 3.8) is 0 Å². The number of anilines is 1. The quantitative estimate of drug-likeness (QED) is 0.346. The molecule has 0 unspecified atom stereocenters. The number of benzene rings is 2. The summed E-state index contributed by atoms with van der Waals surface area (Å²) in [7, 11) is 0. The Morgan fingerprint density at radius 3 is 2.73 bits per heavy atom. The number of ether oxygens (including phenoxy) is 3. The molecule has 0 spiro atoms. The molecular weight excluding hydrogens is 447 g/mol. The molecule has 0 radical (unpaired) electrons. The van der Waals surface area contributed by atoms with E-state index in [1.807, 2.05) is 5.38 Å². The molecule has 1 amide bonds. The maximum absolute atomic E-state index is 13.1. The highest BCUT2D eigenvalue weighted by Gasteiger charge is 2.14. The SMILES string of the molecule is CCOC(=O)Oc1cncc2c(COc3cccc(NC(=O)c4ccc(F)cc4)c3)csc12. The van der Waals surface area contributed by atoms with Crippen LogP contribution in [0.1, 0.15) is 22.8 Å². The van der Waals surface area contributed by atoms with Crippen molar-refractivity contribution in [3.05, 3.63) is 83.2 Å². The van der Waals surface area contributed by atoms with Gasteiger partial charge in [0.05, 0.1) is 17.5 Å². The number of nitrogens with zero attached hydrogens (tertiary/aromatic N) is 1. The molecule has 4 rings (SSSR count). The Bertz CT molecular complexity index is 1290. The first-order valence-corrected chi connectivity index (χ1v) is 10.9. The number of carbonyl (C=O) groups is 2. The van der Waals surface area contributed by atoms with Gasteiger partial charge >= 0.3 is 6.16 Å². The lowest BCUT2D eigenvalue weighted by atomic mass is 10.2. The van der Waals surface area contributed by atoms with Gasteiger partial charge in [-0.15, -0.1) is 11.3 Å². The van der Waals surface area contributed by atoms with Gasteiger partial charge in [0.25, 0.3) is 5.91 Å². The van der Waals surface area contributed by atoms with Crippen molar-refractivity contribution >= 4 is 39.2 Å². The van der Waals surface area contributed by atoms with Gasteiger partial charge in [0.1, 0.15) is 18.2 Å². The molecule has 168 valence electrons. The summed E-state index contributed by atoms with van der Waals surface area (Å²) >= 11 is 1.41. The first kappa shape index (κ1) is 22.2. The van der Waals surface area contributed by atoms with E-state index in [1.165, 1.54) is 41.8 Å². The monoisotopic (exact) mass is 466 g/mol. The summed E-state index contributed by atoms with van der Waals surface area (Å²) in [6, 6.07) is 12.3. The van der Waals surface area contributed by atoms with E-state index in [-0.39, 0.29) is 19.1 Å². The normalized spacial score (nSPS) is 10.6. The molecule has 1 N–H and O–H groups in total. The van der Waals surface area contributed by atoms with E-state index in [1.54, 1.807) is 37.4 Å². The second-order valence-electron chi connectivity index (χ2n) is 6.84. The molecule has 0 saturated heterocycles. The fraction of sp³-hybridized carbons (Fsp3) is 0.125. The van der Waals surface area contributed by atoms with Crippen LogP contribution in [0.25, 0.3) is 10.1 Å². The van der Waals surface area contributed by atoms with Crippen molar-refractivity contribution in [1.82, 2.24) is 4.98 Å². The fourth-order valence-electron chi connectivity index (χ4n) is 3.02. The van der Waals surface area contributed by atoms with Crippen molar-refractivity contribution in [3.8, 4) is 11.5 Å². The van der Waals surface area contributed by atoms with Crippen LogP contribution in [0.4, 0.5) is 14.9 Å². The van der Waals surface area contributed by atoms with Crippen LogP contribution in [0.5, 0.6) is 11.5 Å². The van der Waals surface area contributed by atoms with E-state index in [0.29, 0.717) is 22.7 Å². The van der Waals surface area contributed by atoms with Gasteiger partial charge in [-0.3, -0.25) is 9.78 Å². The van der Waals surface area contributed by atoms with Crippen LogP contribution in [0.3, 0.4) is 0 Å². The van der Waals surface area contributed by atoms with Crippen molar-refractivity contribution in [2.24, 2.45) is 0 Å².